The Morgan fingerprint density at radius 1 is 1.00 bits per heavy atom. The van der Waals surface area contributed by atoms with E-state index in [0.717, 1.165) is 23.2 Å². The standard InChI is InChI=1S/C26H28FNO3/c1-26(2)25(29)24(30-15-14-18-6-4-3-5-7-18)22-16-21(12-13-23(22)31-26)28-17-19-8-10-20(27)11-9-19/h3-13,16,24-25,28-29H,14-15,17H2,1-2H3/t24-,25+/m1/s1. The minimum atomic E-state index is -0.803. The molecule has 0 aromatic heterocycles. The molecule has 0 amide bonds. The highest BCUT2D eigenvalue weighted by Gasteiger charge is 2.43. The normalized spacial score (nSPS) is 19.4. The number of hydrogen-bond donors (Lipinski definition) is 2. The summed E-state index contributed by atoms with van der Waals surface area (Å²) in [5.41, 5.74) is 3.12. The number of nitrogens with one attached hydrogen (secondary N) is 1. The molecule has 1 aliphatic heterocycles. The minimum absolute atomic E-state index is 0.248. The average Bonchev–Trinajstić information content (AvgIpc) is 2.77. The summed E-state index contributed by atoms with van der Waals surface area (Å²) in [5.74, 6) is 0.467. The van der Waals surface area contributed by atoms with Gasteiger partial charge in [0.25, 0.3) is 0 Å². The molecule has 0 fully saturated rings. The number of rotatable bonds is 7. The van der Waals surface area contributed by atoms with E-state index in [9.17, 15) is 9.50 Å². The Hall–Kier alpha value is -2.89. The van der Waals surface area contributed by atoms with E-state index in [2.05, 4.69) is 17.4 Å². The lowest BCUT2D eigenvalue weighted by Gasteiger charge is -2.42. The molecule has 0 spiro atoms. The number of aliphatic hydroxyl groups is 1. The number of hydrogen-bond acceptors (Lipinski definition) is 4. The molecule has 5 heteroatoms. The van der Waals surface area contributed by atoms with Crippen molar-refractivity contribution < 1.29 is 19.0 Å². The van der Waals surface area contributed by atoms with Crippen LogP contribution in [0.3, 0.4) is 0 Å². The highest BCUT2D eigenvalue weighted by molar-refractivity contribution is 5.53. The number of halogens is 1. The molecule has 2 N–H and O–H groups in total. The fourth-order valence-electron chi connectivity index (χ4n) is 3.79. The number of aliphatic hydroxyl groups excluding tert-OH is 1. The monoisotopic (exact) mass is 421 g/mol. The maximum Gasteiger partial charge on any atom is 0.132 e. The van der Waals surface area contributed by atoms with Crippen LogP contribution in [0, 0.1) is 5.82 Å². The van der Waals surface area contributed by atoms with Gasteiger partial charge in [0.2, 0.25) is 0 Å². The summed E-state index contributed by atoms with van der Waals surface area (Å²) in [5, 5.41) is 14.3. The van der Waals surface area contributed by atoms with Gasteiger partial charge in [0.15, 0.2) is 0 Å². The Morgan fingerprint density at radius 3 is 2.48 bits per heavy atom. The van der Waals surface area contributed by atoms with Crippen LogP contribution in [0.2, 0.25) is 0 Å². The summed E-state index contributed by atoms with van der Waals surface area (Å²) in [7, 11) is 0. The lowest BCUT2D eigenvalue weighted by atomic mass is 9.88. The topological polar surface area (TPSA) is 50.7 Å². The third-order valence-corrected chi connectivity index (χ3v) is 5.63. The van der Waals surface area contributed by atoms with Gasteiger partial charge in [0.1, 0.15) is 29.4 Å². The third kappa shape index (κ3) is 5.06. The van der Waals surface area contributed by atoms with E-state index < -0.39 is 17.8 Å². The van der Waals surface area contributed by atoms with Gasteiger partial charge < -0.3 is 19.9 Å². The van der Waals surface area contributed by atoms with E-state index in [0.29, 0.717) is 18.9 Å². The summed E-state index contributed by atoms with van der Waals surface area (Å²) in [6, 6.07) is 22.4. The molecule has 1 heterocycles. The molecule has 0 aliphatic carbocycles. The zero-order valence-electron chi connectivity index (χ0n) is 17.8. The molecule has 31 heavy (non-hydrogen) atoms. The van der Waals surface area contributed by atoms with Gasteiger partial charge in [-0.2, -0.15) is 0 Å². The Morgan fingerprint density at radius 2 is 1.74 bits per heavy atom. The zero-order valence-corrected chi connectivity index (χ0v) is 17.8. The van der Waals surface area contributed by atoms with Crippen LogP contribution < -0.4 is 10.1 Å². The number of anilines is 1. The minimum Gasteiger partial charge on any atom is -0.485 e. The molecule has 0 bridgehead atoms. The highest BCUT2D eigenvalue weighted by atomic mass is 19.1. The van der Waals surface area contributed by atoms with E-state index >= 15 is 0 Å². The van der Waals surface area contributed by atoms with Crippen LogP contribution >= 0.6 is 0 Å². The van der Waals surface area contributed by atoms with Crippen molar-refractivity contribution in [2.45, 2.75) is 44.6 Å². The molecule has 0 radical (unpaired) electrons. The van der Waals surface area contributed by atoms with Crippen LogP contribution in [0.5, 0.6) is 5.75 Å². The Balaban J connectivity index is 1.50. The molecule has 3 aromatic carbocycles. The second kappa shape index (κ2) is 9.08. The van der Waals surface area contributed by atoms with Crippen molar-refractivity contribution in [3.63, 3.8) is 0 Å². The molecule has 1 aliphatic rings. The molecule has 2 atom stereocenters. The van der Waals surface area contributed by atoms with Crippen molar-refractivity contribution in [2.24, 2.45) is 0 Å². The molecule has 0 saturated heterocycles. The van der Waals surface area contributed by atoms with E-state index in [1.54, 1.807) is 12.1 Å². The van der Waals surface area contributed by atoms with Crippen LogP contribution in [-0.2, 0) is 17.7 Å². The maximum absolute atomic E-state index is 13.1. The number of benzene rings is 3. The van der Waals surface area contributed by atoms with Crippen LogP contribution in [0.25, 0.3) is 0 Å². The molecular formula is C26H28FNO3. The van der Waals surface area contributed by atoms with Gasteiger partial charge in [0, 0.05) is 17.8 Å². The first kappa shape index (κ1) is 21.3. The van der Waals surface area contributed by atoms with Crippen molar-refractivity contribution in [1.82, 2.24) is 0 Å². The van der Waals surface area contributed by atoms with E-state index in [4.69, 9.17) is 9.47 Å². The molecule has 0 unspecified atom stereocenters. The lowest BCUT2D eigenvalue weighted by molar-refractivity contribution is -0.134. The van der Waals surface area contributed by atoms with E-state index in [-0.39, 0.29) is 5.82 Å². The fourth-order valence-corrected chi connectivity index (χ4v) is 3.79. The predicted molar refractivity (Wildman–Crippen MR) is 120 cm³/mol. The molecule has 162 valence electrons. The Labute approximate surface area is 182 Å². The van der Waals surface area contributed by atoms with E-state index in [1.165, 1.54) is 17.7 Å². The first-order chi connectivity index (χ1) is 14.9. The van der Waals surface area contributed by atoms with Gasteiger partial charge in [-0.1, -0.05) is 42.5 Å². The summed E-state index contributed by atoms with van der Waals surface area (Å²) >= 11 is 0. The van der Waals surface area contributed by atoms with Gasteiger partial charge in [-0.15, -0.1) is 0 Å². The quantitative estimate of drug-likeness (QED) is 0.546. The second-order valence-electron chi connectivity index (χ2n) is 8.41. The largest absolute Gasteiger partial charge is 0.485 e. The van der Waals surface area contributed by atoms with Gasteiger partial charge in [-0.3, -0.25) is 0 Å². The Bertz CT molecular complexity index is 1000. The zero-order chi connectivity index (χ0) is 21.8. The maximum atomic E-state index is 13.1. The first-order valence-corrected chi connectivity index (χ1v) is 10.6. The van der Waals surface area contributed by atoms with Gasteiger partial charge in [-0.05, 0) is 61.7 Å². The Kier molecular flexibility index (Phi) is 6.25. The van der Waals surface area contributed by atoms with Crippen LogP contribution in [0.4, 0.5) is 10.1 Å². The molecule has 0 saturated carbocycles. The molecule has 4 nitrogen and oxygen atoms in total. The second-order valence-corrected chi connectivity index (χ2v) is 8.41. The number of ether oxygens (including phenoxy) is 2. The van der Waals surface area contributed by atoms with E-state index in [1.807, 2.05) is 50.2 Å². The highest BCUT2D eigenvalue weighted by Crippen LogP contribution is 2.43. The van der Waals surface area contributed by atoms with Crippen molar-refractivity contribution >= 4 is 5.69 Å². The van der Waals surface area contributed by atoms with Crippen molar-refractivity contribution in [3.8, 4) is 5.75 Å². The predicted octanol–water partition coefficient (Wildman–Crippen LogP) is 5.27. The van der Waals surface area contributed by atoms with Crippen LogP contribution in [0.1, 0.15) is 36.6 Å². The lowest BCUT2D eigenvalue weighted by Crippen LogP contribution is -2.49. The SMILES string of the molecule is CC1(C)Oc2ccc(NCc3ccc(F)cc3)cc2[C@@H](OCCc2ccccc2)[C@@H]1O. The van der Waals surface area contributed by atoms with Crippen molar-refractivity contribution in [2.75, 3.05) is 11.9 Å². The molecule has 3 aromatic rings. The van der Waals surface area contributed by atoms with Crippen LogP contribution in [-0.4, -0.2) is 23.4 Å². The van der Waals surface area contributed by atoms with Crippen LogP contribution in [0.15, 0.2) is 72.8 Å². The van der Waals surface area contributed by atoms with Gasteiger partial charge in [-0.25, -0.2) is 4.39 Å². The molecular weight excluding hydrogens is 393 g/mol. The summed E-state index contributed by atoms with van der Waals surface area (Å²) in [6.45, 7) is 4.80. The van der Waals surface area contributed by atoms with Gasteiger partial charge in [0.05, 0.1) is 6.61 Å². The number of fused-ring (bicyclic) bond motifs is 1. The summed E-state index contributed by atoms with van der Waals surface area (Å²) in [4.78, 5) is 0. The fraction of sp³-hybridized carbons (Fsp3) is 0.308. The third-order valence-electron chi connectivity index (χ3n) is 5.63. The first-order valence-electron chi connectivity index (χ1n) is 10.6. The van der Waals surface area contributed by atoms with Gasteiger partial charge >= 0.3 is 0 Å². The van der Waals surface area contributed by atoms with Crippen molar-refractivity contribution in [1.29, 1.82) is 0 Å². The molecule has 4 rings (SSSR count). The smallest absolute Gasteiger partial charge is 0.132 e. The average molecular weight is 422 g/mol. The summed E-state index contributed by atoms with van der Waals surface area (Å²) < 4.78 is 25.4. The summed E-state index contributed by atoms with van der Waals surface area (Å²) in [6.07, 6.45) is -0.526. The van der Waals surface area contributed by atoms with Crippen molar-refractivity contribution in [3.05, 3.63) is 95.3 Å².